The monoisotopic (exact) mass is 220 g/mol. The van der Waals surface area contributed by atoms with Crippen LogP contribution >= 0.6 is 0 Å². The highest BCUT2D eigenvalue weighted by molar-refractivity contribution is 7.77. The van der Waals surface area contributed by atoms with Crippen molar-refractivity contribution in [2.75, 3.05) is 7.11 Å². The Kier molecular flexibility index (Phi) is 3.14. The van der Waals surface area contributed by atoms with Gasteiger partial charge in [-0.1, -0.05) is 0 Å². The summed E-state index contributed by atoms with van der Waals surface area (Å²) >= 11 is -2.43. The van der Waals surface area contributed by atoms with Gasteiger partial charge in [0.1, 0.15) is 0 Å². The Morgan fingerprint density at radius 3 is 2.79 bits per heavy atom. The first-order valence-electron chi connectivity index (χ1n) is 3.41. The Hall–Kier alpha value is -1.48. The normalized spacial score (nSPS) is 12.2. The third-order valence-electron chi connectivity index (χ3n) is 1.29. The Bertz CT molecular complexity index is 376. The minimum atomic E-state index is -2.43. The van der Waals surface area contributed by atoms with Crippen LogP contribution in [0.1, 0.15) is 10.6 Å². The molecule has 2 N–H and O–H groups in total. The quantitative estimate of drug-likeness (QED) is 0.612. The Morgan fingerprint density at radius 1 is 1.71 bits per heavy atom. The fourth-order valence-corrected chi connectivity index (χ4v) is 1.02. The molecule has 0 fully saturated rings. The molecule has 0 aliphatic carbocycles. The van der Waals surface area contributed by atoms with Crippen LogP contribution in [0.4, 0.5) is 0 Å². The third-order valence-corrected chi connectivity index (χ3v) is 1.65. The van der Waals surface area contributed by atoms with Gasteiger partial charge in [-0.15, -0.1) is 5.10 Å². The molecule has 0 aliphatic heterocycles. The van der Waals surface area contributed by atoms with Crippen LogP contribution in [0.3, 0.4) is 0 Å². The van der Waals surface area contributed by atoms with E-state index in [1.54, 1.807) is 4.72 Å². The maximum atomic E-state index is 11.1. The van der Waals surface area contributed by atoms with Crippen molar-refractivity contribution in [2.24, 2.45) is 7.05 Å². The van der Waals surface area contributed by atoms with E-state index < -0.39 is 17.2 Å². The number of nitrogens with one attached hydrogen (secondary N) is 1. The van der Waals surface area contributed by atoms with Crippen LogP contribution in [0.5, 0.6) is 6.01 Å². The number of carbonyl (C=O) groups is 1. The van der Waals surface area contributed by atoms with Crippen molar-refractivity contribution in [1.82, 2.24) is 19.5 Å². The minimum absolute atomic E-state index is 0.138. The summed E-state index contributed by atoms with van der Waals surface area (Å²) in [5.74, 6) is -1.07. The zero-order chi connectivity index (χ0) is 10.7. The highest BCUT2D eigenvalue weighted by atomic mass is 32.2. The highest BCUT2D eigenvalue weighted by Gasteiger charge is 2.16. The Morgan fingerprint density at radius 2 is 2.36 bits per heavy atom. The second kappa shape index (κ2) is 4.15. The summed E-state index contributed by atoms with van der Waals surface area (Å²) in [7, 11) is 2.90. The molecule has 0 spiro atoms. The van der Waals surface area contributed by atoms with Crippen LogP contribution in [0.25, 0.3) is 0 Å². The van der Waals surface area contributed by atoms with Gasteiger partial charge < -0.3 is 4.74 Å². The SMILES string of the molecule is COc1nc(C(=O)NS(=O)O)nn1C. The molecule has 8 nitrogen and oxygen atoms in total. The predicted molar refractivity (Wildman–Crippen MR) is 45.8 cm³/mol. The van der Waals surface area contributed by atoms with E-state index >= 15 is 0 Å². The Balaban J connectivity index is 2.85. The molecule has 1 aromatic rings. The first-order valence-corrected chi connectivity index (χ1v) is 4.52. The Labute approximate surface area is 81.7 Å². The molecule has 78 valence electrons. The lowest BCUT2D eigenvalue weighted by atomic mass is 10.6. The average Bonchev–Trinajstić information content (AvgIpc) is 2.45. The summed E-state index contributed by atoms with van der Waals surface area (Å²) in [6.45, 7) is 0. The van der Waals surface area contributed by atoms with E-state index in [2.05, 4.69) is 10.1 Å². The smallest absolute Gasteiger partial charge is 0.314 e. The van der Waals surface area contributed by atoms with Crippen LogP contribution in [0, 0.1) is 0 Å². The van der Waals surface area contributed by atoms with E-state index in [9.17, 15) is 9.00 Å². The van der Waals surface area contributed by atoms with Gasteiger partial charge in [0.15, 0.2) is 0 Å². The van der Waals surface area contributed by atoms with Crippen molar-refractivity contribution in [2.45, 2.75) is 0 Å². The summed E-state index contributed by atoms with van der Waals surface area (Å²) in [4.78, 5) is 14.7. The van der Waals surface area contributed by atoms with E-state index in [0.29, 0.717) is 0 Å². The van der Waals surface area contributed by atoms with E-state index in [1.807, 2.05) is 0 Å². The van der Waals surface area contributed by atoms with Gasteiger partial charge in [0.05, 0.1) is 7.11 Å². The van der Waals surface area contributed by atoms with Gasteiger partial charge in [-0.3, -0.25) is 9.35 Å². The second-order valence-electron chi connectivity index (χ2n) is 2.23. The maximum Gasteiger partial charge on any atom is 0.314 e. The van der Waals surface area contributed by atoms with Crippen LogP contribution < -0.4 is 9.46 Å². The van der Waals surface area contributed by atoms with Crippen molar-refractivity contribution >= 4 is 17.2 Å². The van der Waals surface area contributed by atoms with Crippen molar-refractivity contribution in [3.63, 3.8) is 0 Å². The molecule has 0 saturated heterocycles. The number of ether oxygens (including phenoxy) is 1. The van der Waals surface area contributed by atoms with Crippen molar-refractivity contribution in [3.05, 3.63) is 5.82 Å². The number of hydrogen-bond donors (Lipinski definition) is 2. The number of rotatable bonds is 3. The third kappa shape index (κ3) is 2.26. The number of amides is 1. The van der Waals surface area contributed by atoms with E-state index in [1.165, 1.54) is 18.8 Å². The van der Waals surface area contributed by atoms with E-state index in [4.69, 9.17) is 9.29 Å². The van der Waals surface area contributed by atoms with E-state index in [-0.39, 0.29) is 11.8 Å². The number of hydrogen-bond acceptors (Lipinski definition) is 5. The standard InChI is InChI=1S/C5H8N4O4S/c1-9-5(13-2)6-3(7-9)4(10)8-14(11)12/h1-2H3,(H,8,10)(H,11,12). The molecule has 0 saturated carbocycles. The van der Waals surface area contributed by atoms with Crippen molar-refractivity contribution < 1.29 is 18.3 Å². The molecule has 9 heteroatoms. The molecular formula is C5H8N4O4S. The van der Waals surface area contributed by atoms with Gasteiger partial charge in [-0.2, -0.15) is 4.98 Å². The fourth-order valence-electron chi connectivity index (χ4n) is 0.769. The lowest BCUT2D eigenvalue weighted by molar-refractivity contribution is 0.0970. The summed E-state index contributed by atoms with van der Waals surface area (Å²) in [5.41, 5.74) is 0. The molecule has 1 rings (SSSR count). The molecule has 1 unspecified atom stereocenters. The van der Waals surface area contributed by atoms with Gasteiger partial charge in [-0.05, 0) is 0 Å². The van der Waals surface area contributed by atoms with Crippen LogP contribution in [0.2, 0.25) is 0 Å². The van der Waals surface area contributed by atoms with Gasteiger partial charge in [0, 0.05) is 7.05 Å². The topological polar surface area (TPSA) is 106 Å². The number of methoxy groups -OCH3 is 1. The molecule has 1 aromatic heterocycles. The average molecular weight is 220 g/mol. The molecule has 0 bridgehead atoms. The first-order chi connectivity index (χ1) is 6.54. The zero-order valence-corrected chi connectivity index (χ0v) is 8.24. The van der Waals surface area contributed by atoms with Crippen molar-refractivity contribution in [1.29, 1.82) is 0 Å². The highest BCUT2D eigenvalue weighted by Crippen LogP contribution is 2.04. The first kappa shape index (κ1) is 10.6. The molecule has 14 heavy (non-hydrogen) atoms. The van der Waals surface area contributed by atoms with Gasteiger partial charge in [0.25, 0.3) is 11.3 Å². The van der Waals surface area contributed by atoms with Crippen LogP contribution in [-0.4, -0.2) is 36.5 Å². The molecule has 1 heterocycles. The summed E-state index contributed by atoms with van der Waals surface area (Å²) in [6.07, 6.45) is 0. The lowest BCUT2D eigenvalue weighted by Crippen LogP contribution is -2.26. The van der Waals surface area contributed by atoms with Crippen molar-refractivity contribution in [3.8, 4) is 6.01 Å². The largest absolute Gasteiger partial charge is 0.467 e. The number of nitrogens with zero attached hydrogens (tertiary/aromatic N) is 3. The molecule has 0 radical (unpaired) electrons. The zero-order valence-electron chi connectivity index (χ0n) is 7.42. The molecular weight excluding hydrogens is 212 g/mol. The van der Waals surface area contributed by atoms with Crippen LogP contribution in [0.15, 0.2) is 0 Å². The minimum Gasteiger partial charge on any atom is -0.467 e. The maximum absolute atomic E-state index is 11.1. The second-order valence-corrected chi connectivity index (χ2v) is 2.93. The fraction of sp³-hybridized carbons (Fsp3) is 0.400. The van der Waals surface area contributed by atoms with Gasteiger partial charge in [-0.25, -0.2) is 13.6 Å². The van der Waals surface area contributed by atoms with Gasteiger partial charge in [0.2, 0.25) is 5.82 Å². The molecule has 1 atom stereocenters. The van der Waals surface area contributed by atoms with Gasteiger partial charge >= 0.3 is 11.9 Å². The number of carbonyl (C=O) groups excluding carboxylic acids is 1. The summed E-state index contributed by atoms with van der Waals surface area (Å²) in [5, 5.41) is 3.66. The van der Waals surface area contributed by atoms with E-state index in [0.717, 1.165) is 0 Å². The number of aryl methyl sites for hydroxylation is 1. The predicted octanol–water partition coefficient (Wildman–Crippen LogP) is -1.31. The van der Waals surface area contributed by atoms with Crippen LogP contribution in [-0.2, 0) is 18.3 Å². The molecule has 1 amide bonds. The molecule has 0 aromatic carbocycles. The lowest BCUT2D eigenvalue weighted by Gasteiger charge is -1.92. The number of aromatic nitrogens is 3. The molecule has 0 aliphatic rings. The summed E-state index contributed by atoms with van der Waals surface area (Å²) in [6, 6.07) is 0.138. The summed E-state index contributed by atoms with van der Waals surface area (Å²) < 4.78 is 26.3.